The zero-order chi connectivity index (χ0) is 13.7. The predicted molar refractivity (Wildman–Crippen MR) is 82.5 cm³/mol. The average Bonchev–Trinajstić information content (AvgIpc) is 2.91. The summed E-state index contributed by atoms with van der Waals surface area (Å²) < 4.78 is 0. The van der Waals surface area contributed by atoms with Crippen LogP contribution in [0.1, 0.15) is 25.8 Å². The molecule has 1 aliphatic rings. The van der Waals surface area contributed by atoms with Gasteiger partial charge in [-0.3, -0.25) is 4.79 Å². The highest BCUT2D eigenvalue weighted by molar-refractivity contribution is 7.99. The Kier molecular flexibility index (Phi) is 5.28. The normalized spacial score (nSPS) is 18.8. The van der Waals surface area contributed by atoms with Crippen LogP contribution < -0.4 is 10.6 Å². The molecule has 0 saturated carbocycles. The van der Waals surface area contributed by atoms with Gasteiger partial charge >= 0.3 is 0 Å². The number of amides is 1. The molecule has 2 rings (SSSR count). The Bertz CT molecular complexity index is 428. The number of thioether (sulfide) groups is 1. The number of carbonyl (C=O) groups is 1. The fourth-order valence-corrected chi connectivity index (χ4v) is 2.83. The average molecular weight is 278 g/mol. The molecular formula is C15H22N2OS. The minimum absolute atomic E-state index is 0.119. The predicted octanol–water partition coefficient (Wildman–Crippen LogP) is 2.88. The first-order chi connectivity index (χ1) is 9.15. The van der Waals surface area contributed by atoms with Gasteiger partial charge in [0.25, 0.3) is 0 Å². The van der Waals surface area contributed by atoms with Gasteiger partial charge in [-0.05, 0) is 35.9 Å². The van der Waals surface area contributed by atoms with Crippen LogP contribution >= 0.6 is 11.8 Å². The summed E-state index contributed by atoms with van der Waals surface area (Å²) in [6.07, 6.45) is 0.939. The molecule has 1 amide bonds. The summed E-state index contributed by atoms with van der Waals surface area (Å²) >= 11 is 1.91. The molecule has 4 heteroatoms. The Morgan fingerprint density at radius 1 is 1.53 bits per heavy atom. The molecule has 1 saturated heterocycles. The molecule has 2 N–H and O–H groups in total. The minimum atomic E-state index is 0.119. The van der Waals surface area contributed by atoms with Gasteiger partial charge in [0, 0.05) is 18.0 Å². The van der Waals surface area contributed by atoms with Crippen molar-refractivity contribution in [2.75, 3.05) is 18.4 Å². The van der Waals surface area contributed by atoms with Crippen LogP contribution in [-0.2, 0) is 10.5 Å². The summed E-state index contributed by atoms with van der Waals surface area (Å²) in [5, 5.41) is 6.87. The molecule has 1 heterocycles. The van der Waals surface area contributed by atoms with E-state index in [1.807, 2.05) is 23.9 Å². The minimum Gasteiger partial charge on any atom is -0.326 e. The maximum Gasteiger partial charge on any atom is 0.228 e. The Labute approximate surface area is 119 Å². The first-order valence-corrected chi connectivity index (χ1v) is 7.92. The lowest BCUT2D eigenvalue weighted by Gasteiger charge is -2.11. The summed E-state index contributed by atoms with van der Waals surface area (Å²) in [5.74, 6) is 1.25. The molecule has 1 aliphatic heterocycles. The molecule has 1 aromatic carbocycles. The van der Waals surface area contributed by atoms with Crippen LogP contribution in [0.4, 0.5) is 5.69 Å². The Morgan fingerprint density at radius 2 is 2.37 bits per heavy atom. The van der Waals surface area contributed by atoms with Crippen molar-refractivity contribution >= 4 is 23.4 Å². The molecule has 1 fully saturated rings. The van der Waals surface area contributed by atoms with Crippen molar-refractivity contribution in [2.24, 2.45) is 5.92 Å². The number of nitrogens with one attached hydrogen (secondary N) is 2. The van der Waals surface area contributed by atoms with Crippen molar-refractivity contribution in [1.82, 2.24) is 5.32 Å². The summed E-state index contributed by atoms with van der Waals surface area (Å²) in [5.41, 5.74) is 2.18. The van der Waals surface area contributed by atoms with Gasteiger partial charge in [-0.2, -0.15) is 11.8 Å². The summed E-state index contributed by atoms with van der Waals surface area (Å²) in [6, 6.07) is 8.17. The zero-order valence-corrected chi connectivity index (χ0v) is 12.4. The molecule has 0 unspecified atom stereocenters. The van der Waals surface area contributed by atoms with Crippen LogP contribution in [-0.4, -0.2) is 24.2 Å². The third kappa shape index (κ3) is 4.55. The second-order valence-electron chi connectivity index (χ2n) is 5.24. The maximum atomic E-state index is 12.0. The van der Waals surface area contributed by atoms with Crippen LogP contribution in [0.15, 0.2) is 24.3 Å². The van der Waals surface area contributed by atoms with E-state index in [4.69, 9.17) is 0 Å². The molecule has 0 bridgehead atoms. The number of hydrogen-bond donors (Lipinski definition) is 2. The molecule has 0 aromatic heterocycles. The molecule has 0 aliphatic carbocycles. The third-order valence-corrected chi connectivity index (χ3v) is 4.38. The first kappa shape index (κ1) is 14.4. The first-order valence-electron chi connectivity index (χ1n) is 6.87. The van der Waals surface area contributed by atoms with E-state index in [9.17, 15) is 4.79 Å². The van der Waals surface area contributed by atoms with Crippen LogP contribution in [0.3, 0.4) is 0 Å². The van der Waals surface area contributed by atoms with E-state index in [2.05, 4.69) is 36.6 Å². The maximum absolute atomic E-state index is 12.0. The van der Waals surface area contributed by atoms with Gasteiger partial charge in [-0.15, -0.1) is 0 Å². The van der Waals surface area contributed by atoms with E-state index in [1.54, 1.807) is 0 Å². The van der Waals surface area contributed by atoms with Gasteiger partial charge in [0.2, 0.25) is 5.91 Å². The molecule has 1 atom stereocenters. The lowest BCUT2D eigenvalue weighted by molar-refractivity contribution is -0.119. The number of hydrogen-bond acceptors (Lipinski definition) is 3. The molecule has 0 spiro atoms. The van der Waals surface area contributed by atoms with Gasteiger partial charge in [0.15, 0.2) is 0 Å². The van der Waals surface area contributed by atoms with Crippen LogP contribution in [0.25, 0.3) is 0 Å². The quantitative estimate of drug-likeness (QED) is 0.870. The van der Waals surface area contributed by atoms with E-state index >= 15 is 0 Å². The lowest BCUT2D eigenvalue weighted by atomic mass is 10.1. The van der Waals surface area contributed by atoms with Gasteiger partial charge in [0.05, 0.1) is 5.92 Å². The fourth-order valence-electron chi connectivity index (χ4n) is 2.12. The molecule has 0 radical (unpaired) electrons. The lowest BCUT2D eigenvalue weighted by Crippen LogP contribution is -2.24. The SMILES string of the molecule is CC(C)SCc1cccc(NC(=O)[C@H]2CCNC2)c1. The smallest absolute Gasteiger partial charge is 0.228 e. The van der Waals surface area contributed by atoms with Gasteiger partial charge in [-0.1, -0.05) is 26.0 Å². The van der Waals surface area contributed by atoms with Crippen LogP contribution in [0.5, 0.6) is 0 Å². The topological polar surface area (TPSA) is 41.1 Å². The third-order valence-electron chi connectivity index (χ3n) is 3.21. The Morgan fingerprint density at radius 3 is 3.05 bits per heavy atom. The second-order valence-corrected chi connectivity index (χ2v) is 6.80. The Hall–Kier alpha value is -1.00. The van der Waals surface area contributed by atoms with Crippen LogP contribution in [0.2, 0.25) is 0 Å². The highest BCUT2D eigenvalue weighted by atomic mass is 32.2. The monoisotopic (exact) mass is 278 g/mol. The van der Waals surface area contributed by atoms with E-state index in [-0.39, 0.29) is 11.8 Å². The number of benzene rings is 1. The largest absolute Gasteiger partial charge is 0.326 e. The molecule has 104 valence electrons. The summed E-state index contributed by atoms with van der Waals surface area (Å²) in [4.78, 5) is 12.0. The highest BCUT2D eigenvalue weighted by Gasteiger charge is 2.22. The molecule has 19 heavy (non-hydrogen) atoms. The van der Waals surface area contributed by atoms with Crippen molar-refractivity contribution in [3.8, 4) is 0 Å². The van der Waals surface area contributed by atoms with Gasteiger partial charge in [-0.25, -0.2) is 0 Å². The van der Waals surface area contributed by atoms with Crippen molar-refractivity contribution in [1.29, 1.82) is 0 Å². The summed E-state index contributed by atoms with van der Waals surface area (Å²) in [7, 11) is 0. The van der Waals surface area contributed by atoms with E-state index in [0.29, 0.717) is 5.25 Å². The Balaban J connectivity index is 1.92. The van der Waals surface area contributed by atoms with Gasteiger partial charge in [0.1, 0.15) is 0 Å². The molecule has 3 nitrogen and oxygen atoms in total. The fraction of sp³-hybridized carbons (Fsp3) is 0.533. The highest BCUT2D eigenvalue weighted by Crippen LogP contribution is 2.20. The van der Waals surface area contributed by atoms with E-state index in [0.717, 1.165) is 31.0 Å². The van der Waals surface area contributed by atoms with Crippen LogP contribution in [0, 0.1) is 5.92 Å². The number of rotatable bonds is 5. The van der Waals surface area contributed by atoms with Crippen molar-refractivity contribution < 1.29 is 4.79 Å². The summed E-state index contributed by atoms with van der Waals surface area (Å²) in [6.45, 7) is 6.14. The zero-order valence-electron chi connectivity index (χ0n) is 11.6. The standard InChI is InChI=1S/C15H22N2OS/c1-11(2)19-10-12-4-3-5-14(8-12)17-15(18)13-6-7-16-9-13/h3-5,8,11,13,16H,6-7,9-10H2,1-2H3,(H,17,18)/t13-/m0/s1. The van der Waals surface area contributed by atoms with E-state index < -0.39 is 0 Å². The number of anilines is 1. The molecule has 1 aromatic rings. The van der Waals surface area contributed by atoms with Crippen molar-refractivity contribution in [2.45, 2.75) is 31.3 Å². The number of carbonyl (C=O) groups excluding carboxylic acids is 1. The molecular weight excluding hydrogens is 256 g/mol. The second kappa shape index (κ2) is 6.96. The van der Waals surface area contributed by atoms with E-state index in [1.165, 1.54) is 5.56 Å². The van der Waals surface area contributed by atoms with Crippen molar-refractivity contribution in [3.05, 3.63) is 29.8 Å². The van der Waals surface area contributed by atoms with Gasteiger partial charge < -0.3 is 10.6 Å². The van der Waals surface area contributed by atoms with Crippen molar-refractivity contribution in [3.63, 3.8) is 0 Å².